The molecule has 0 saturated carbocycles. The Bertz CT molecular complexity index is 970. The SMILES string of the molecule is CC#CCN1c2c(nc(SCCN)n(C)c2=O)N(OC(=O)C(F)(F)F)C1N1CCNCC1. The maximum absolute atomic E-state index is 13.2. The normalized spacial score (nSPS) is 18.9. The van der Waals surface area contributed by atoms with E-state index in [-0.39, 0.29) is 23.2 Å². The summed E-state index contributed by atoms with van der Waals surface area (Å²) in [4.78, 5) is 37.6. The maximum atomic E-state index is 13.2. The Morgan fingerprint density at radius 3 is 2.66 bits per heavy atom. The maximum Gasteiger partial charge on any atom is 0.493 e. The second kappa shape index (κ2) is 9.99. The molecular weight excluding hydrogens is 451 g/mol. The number of rotatable bonds is 6. The van der Waals surface area contributed by atoms with Crippen LogP contribution in [0.25, 0.3) is 0 Å². The van der Waals surface area contributed by atoms with Crippen molar-refractivity contribution in [3.63, 3.8) is 0 Å². The molecule has 1 saturated heterocycles. The zero-order chi connectivity index (χ0) is 23.5. The Morgan fingerprint density at radius 2 is 2.06 bits per heavy atom. The number of hydroxylamine groups is 1. The summed E-state index contributed by atoms with van der Waals surface area (Å²) < 4.78 is 40.5. The molecule has 3 N–H and O–H groups in total. The predicted octanol–water partition coefficient (Wildman–Crippen LogP) is -0.310. The van der Waals surface area contributed by atoms with Crippen molar-refractivity contribution >= 4 is 29.2 Å². The summed E-state index contributed by atoms with van der Waals surface area (Å²) in [5, 5.41) is 4.18. The second-order valence-corrected chi connectivity index (χ2v) is 8.02. The van der Waals surface area contributed by atoms with E-state index in [4.69, 9.17) is 10.6 Å². The van der Waals surface area contributed by atoms with Crippen LogP contribution >= 0.6 is 11.8 Å². The first-order valence-electron chi connectivity index (χ1n) is 9.84. The van der Waals surface area contributed by atoms with E-state index in [2.05, 4.69) is 22.1 Å². The van der Waals surface area contributed by atoms with Gasteiger partial charge in [-0.25, -0.2) is 9.78 Å². The standard InChI is InChI=1S/C18H24F3N7O3S/c1-3-4-8-27-12-13(24-16(32-11-5-22)25(2)14(12)29)28(31-15(30)18(19,20)21)17(27)26-9-6-23-7-10-26/h17,23H,5-11,22H2,1-2H3. The predicted molar refractivity (Wildman–Crippen MR) is 113 cm³/mol. The van der Waals surface area contributed by atoms with E-state index in [1.54, 1.807) is 6.92 Å². The van der Waals surface area contributed by atoms with Crippen LogP contribution < -0.4 is 26.6 Å². The van der Waals surface area contributed by atoms with Crippen LogP contribution in [0.4, 0.5) is 24.7 Å². The van der Waals surface area contributed by atoms with Crippen LogP contribution in [0.15, 0.2) is 9.95 Å². The molecule has 1 atom stereocenters. The van der Waals surface area contributed by atoms with Crippen molar-refractivity contribution in [3.05, 3.63) is 10.4 Å². The van der Waals surface area contributed by atoms with Crippen molar-refractivity contribution in [2.24, 2.45) is 12.8 Å². The average Bonchev–Trinajstić information content (AvgIpc) is 3.06. The lowest BCUT2D eigenvalue weighted by atomic mass is 10.3. The number of nitrogens with one attached hydrogen (secondary N) is 1. The molecule has 1 aromatic heterocycles. The number of carbonyl (C=O) groups is 1. The number of hydrogen-bond donors (Lipinski definition) is 2. The highest BCUT2D eigenvalue weighted by Gasteiger charge is 2.50. The van der Waals surface area contributed by atoms with E-state index in [1.807, 2.05) is 4.90 Å². The third kappa shape index (κ3) is 4.80. The zero-order valence-electron chi connectivity index (χ0n) is 17.6. The number of nitrogens with zero attached hydrogens (tertiary/aromatic N) is 5. The van der Waals surface area contributed by atoms with Crippen LogP contribution in [0.5, 0.6) is 0 Å². The Hall–Kier alpha value is -2.47. The highest BCUT2D eigenvalue weighted by Crippen LogP contribution is 2.39. The summed E-state index contributed by atoms with van der Waals surface area (Å²) in [6, 6.07) is 0. The molecule has 0 radical (unpaired) electrons. The summed E-state index contributed by atoms with van der Waals surface area (Å²) in [7, 11) is 1.52. The fraction of sp³-hybridized carbons (Fsp3) is 0.611. The molecular formula is C18H24F3N7O3S. The number of aromatic nitrogens is 2. The summed E-state index contributed by atoms with van der Waals surface area (Å²) in [6.07, 6.45) is -6.23. The summed E-state index contributed by atoms with van der Waals surface area (Å²) in [6.45, 7) is 4.00. The van der Waals surface area contributed by atoms with Gasteiger partial charge < -0.3 is 20.8 Å². The van der Waals surface area contributed by atoms with Crippen molar-refractivity contribution in [1.82, 2.24) is 19.8 Å². The fourth-order valence-electron chi connectivity index (χ4n) is 3.41. The summed E-state index contributed by atoms with van der Waals surface area (Å²) in [5.74, 6) is 3.45. The van der Waals surface area contributed by atoms with Crippen LogP contribution in [-0.4, -0.2) is 77.9 Å². The molecule has 0 bridgehead atoms. The van der Waals surface area contributed by atoms with Crippen LogP contribution in [-0.2, 0) is 16.7 Å². The van der Waals surface area contributed by atoms with Crippen molar-refractivity contribution in [2.45, 2.75) is 24.5 Å². The monoisotopic (exact) mass is 475 g/mol. The molecule has 10 nitrogen and oxygen atoms in total. The van der Waals surface area contributed by atoms with Gasteiger partial charge in [0.05, 0.1) is 6.54 Å². The number of alkyl halides is 3. The number of fused-ring (bicyclic) bond motifs is 1. The molecule has 32 heavy (non-hydrogen) atoms. The summed E-state index contributed by atoms with van der Waals surface area (Å²) >= 11 is 1.18. The minimum absolute atomic E-state index is 0.0193. The van der Waals surface area contributed by atoms with Crippen molar-refractivity contribution in [1.29, 1.82) is 0 Å². The van der Waals surface area contributed by atoms with Crippen molar-refractivity contribution < 1.29 is 22.8 Å². The van der Waals surface area contributed by atoms with Gasteiger partial charge >= 0.3 is 12.1 Å². The van der Waals surface area contributed by atoms with Gasteiger partial charge in [0.2, 0.25) is 0 Å². The molecule has 1 fully saturated rings. The third-order valence-electron chi connectivity index (χ3n) is 4.86. The minimum atomic E-state index is -5.22. The molecule has 3 heterocycles. The van der Waals surface area contributed by atoms with Gasteiger partial charge in [0, 0.05) is 45.5 Å². The quantitative estimate of drug-likeness (QED) is 0.323. The molecule has 1 unspecified atom stereocenters. The minimum Gasteiger partial charge on any atom is -0.330 e. The Balaban J connectivity index is 2.15. The Morgan fingerprint density at radius 1 is 1.38 bits per heavy atom. The van der Waals surface area contributed by atoms with E-state index in [0.717, 1.165) is 5.06 Å². The van der Waals surface area contributed by atoms with E-state index in [1.165, 1.54) is 28.3 Å². The number of halogens is 3. The number of hydrogen-bond acceptors (Lipinski definition) is 10. The Kier molecular flexibility index (Phi) is 7.55. The molecule has 176 valence electrons. The molecule has 14 heteroatoms. The third-order valence-corrected chi connectivity index (χ3v) is 5.92. The van der Waals surface area contributed by atoms with Crippen LogP contribution in [0.2, 0.25) is 0 Å². The zero-order valence-corrected chi connectivity index (χ0v) is 18.4. The molecule has 3 rings (SSSR count). The topological polar surface area (TPSA) is 109 Å². The van der Waals surface area contributed by atoms with Gasteiger partial charge in [0.1, 0.15) is 0 Å². The highest BCUT2D eigenvalue weighted by atomic mass is 32.2. The molecule has 0 aromatic carbocycles. The summed E-state index contributed by atoms with van der Waals surface area (Å²) in [5.41, 5.74) is 5.07. The van der Waals surface area contributed by atoms with E-state index in [9.17, 15) is 22.8 Å². The lowest BCUT2D eigenvalue weighted by Gasteiger charge is -2.40. The number of thioether (sulfide) groups is 1. The average molecular weight is 475 g/mol. The smallest absolute Gasteiger partial charge is 0.330 e. The number of piperazine rings is 1. The number of carbonyl (C=O) groups excluding carboxylic acids is 1. The first-order valence-corrected chi connectivity index (χ1v) is 10.8. The van der Waals surface area contributed by atoms with Crippen LogP contribution in [0.3, 0.4) is 0 Å². The number of anilines is 2. The molecule has 0 aliphatic carbocycles. The Labute approximate surface area is 186 Å². The number of nitrogens with two attached hydrogens (primary N) is 1. The largest absolute Gasteiger partial charge is 0.493 e. The van der Waals surface area contributed by atoms with E-state index in [0.29, 0.717) is 38.5 Å². The van der Waals surface area contributed by atoms with Crippen LogP contribution in [0, 0.1) is 11.8 Å². The molecule has 0 spiro atoms. The van der Waals surface area contributed by atoms with Gasteiger partial charge in [0.25, 0.3) is 5.56 Å². The van der Waals surface area contributed by atoms with Gasteiger partial charge in [-0.1, -0.05) is 17.7 Å². The molecule has 0 amide bonds. The lowest BCUT2D eigenvalue weighted by molar-refractivity contribution is -0.203. The first-order chi connectivity index (χ1) is 15.2. The van der Waals surface area contributed by atoms with Gasteiger partial charge in [-0.3, -0.25) is 14.3 Å². The van der Waals surface area contributed by atoms with Crippen molar-refractivity contribution in [3.8, 4) is 11.8 Å². The molecule has 2 aliphatic rings. The van der Waals surface area contributed by atoms with Gasteiger partial charge in [-0.05, 0) is 6.92 Å². The van der Waals surface area contributed by atoms with E-state index < -0.39 is 24.0 Å². The van der Waals surface area contributed by atoms with Gasteiger partial charge in [0.15, 0.2) is 23.0 Å². The van der Waals surface area contributed by atoms with Gasteiger partial charge in [-0.15, -0.1) is 11.0 Å². The van der Waals surface area contributed by atoms with E-state index >= 15 is 0 Å². The highest BCUT2D eigenvalue weighted by molar-refractivity contribution is 7.99. The molecule has 1 aromatic rings. The van der Waals surface area contributed by atoms with Gasteiger partial charge in [-0.2, -0.15) is 13.2 Å². The molecule has 2 aliphatic heterocycles. The van der Waals surface area contributed by atoms with Crippen LogP contribution in [0.1, 0.15) is 6.92 Å². The lowest BCUT2D eigenvalue weighted by Crippen LogP contribution is -2.61. The first kappa shape index (κ1) is 24.2. The fourth-order valence-corrected chi connectivity index (χ4v) is 4.14. The second-order valence-electron chi connectivity index (χ2n) is 6.96. The van der Waals surface area contributed by atoms with Crippen molar-refractivity contribution in [2.75, 3.05) is 55.0 Å².